The van der Waals surface area contributed by atoms with Crippen LogP contribution in [0.4, 0.5) is 0 Å². The van der Waals surface area contributed by atoms with Gasteiger partial charge in [0.15, 0.2) is 18.9 Å². The van der Waals surface area contributed by atoms with Crippen LogP contribution in [-0.2, 0) is 47.5 Å². The molecule has 78 heavy (non-hydrogen) atoms. The van der Waals surface area contributed by atoms with Crippen molar-refractivity contribution in [3.05, 3.63) is 11.6 Å². The molecule has 3 unspecified atom stereocenters. The fraction of sp³-hybridized carbons (Fsp3) is 0.926. The Bertz CT molecular complexity index is 2170. The lowest BCUT2D eigenvalue weighted by atomic mass is 9.33. The first kappa shape index (κ1) is 60.6. The molecular weight excluding hydrogens is 1030 g/mol. The molecule has 0 spiro atoms. The Morgan fingerprint density at radius 1 is 0.577 bits per heavy atom. The molecule has 4 saturated heterocycles. The number of hydrogen-bond donors (Lipinski definition) is 14. The second kappa shape index (κ2) is 22.2. The van der Waals surface area contributed by atoms with Gasteiger partial charge in [0, 0.05) is 0 Å². The first-order valence-electron chi connectivity index (χ1n) is 27.9. The number of ether oxygens (including phenoxy) is 8. The van der Waals surface area contributed by atoms with E-state index in [1.807, 2.05) is 6.92 Å². The maximum absolute atomic E-state index is 15.5. The van der Waals surface area contributed by atoms with Gasteiger partial charge >= 0.3 is 5.97 Å². The lowest BCUT2D eigenvalue weighted by molar-refractivity contribution is -0.389. The summed E-state index contributed by atoms with van der Waals surface area (Å²) >= 11 is 0. The zero-order valence-electron chi connectivity index (χ0n) is 45.3. The Morgan fingerprint density at radius 2 is 1.13 bits per heavy atom. The summed E-state index contributed by atoms with van der Waals surface area (Å²) in [6.45, 7) is 9.85. The van der Waals surface area contributed by atoms with E-state index >= 15 is 4.79 Å². The third-order valence-corrected chi connectivity index (χ3v) is 21.4. The van der Waals surface area contributed by atoms with Crippen LogP contribution in [0.3, 0.4) is 0 Å². The van der Waals surface area contributed by atoms with Crippen molar-refractivity contribution in [2.75, 3.05) is 26.4 Å². The van der Waals surface area contributed by atoms with Crippen LogP contribution < -0.4 is 0 Å². The average Bonchev–Trinajstić information content (AvgIpc) is 3.52. The Labute approximate surface area is 453 Å². The van der Waals surface area contributed by atoms with Crippen LogP contribution in [0.2, 0.25) is 0 Å². The minimum atomic E-state index is -2.11. The first-order valence-corrected chi connectivity index (χ1v) is 27.9. The highest BCUT2D eigenvalue weighted by atomic mass is 16.8. The molecule has 0 aromatic heterocycles. The number of aliphatic hydroxyl groups is 14. The van der Waals surface area contributed by atoms with Crippen LogP contribution in [0.5, 0.6) is 0 Å². The Kier molecular flexibility index (Phi) is 17.3. The van der Waals surface area contributed by atoms with Gasteiger partial charge in [-0.2, -0.15) is 0 Å². The number of rotatable bonds is 13. The molecule has 8 fully saturated rings. The summed E-state index contributed by atoms with van der Waals surface area (Å²) in [4.78, 5) is 28.3. The highest BCUT2D eigenvalue weighted by Crippen LogP contribution is 2.76. The lowest BCUT2D eigenvalue weighted by Gasteiger charge is -2.71. The number of allylic oxidation sites excluding steroid dienone is 2. The number of hydrogen-bond acceptors (Lipinski definition) is 24. The fourth-order valence-electron chi connectivity index (χ4n) is 16.2. The monoisotopic (exact) mass is 1120 g/mol. The number of aliphatic hydroxyl groups excluding tert-OH is 14. The van der Waals surface area contributed by atoms with Gasteiger partial charge in [0.05, 0.1) is 43.4 Å². The summed E-state index contributed by atoms with van der Waals surface area (Å²) in [5.74, 6) is -0.898. The maximum Gasteiger partial charge on any atom is 0.315 e. The van der Waals surface area contributed by atoms with Crippen molar-refractivity contribution in [1.82, 2.24) is 0 Å². The highest BCUT2D eigenvalue weighted by molar-refractivity contribution is 5.79. The summed E-state index contributed by atoms with van der Waals surface area (Å²) in [6.07, 6.45) is -28.4. The zero-order chi connectivity index (χ0) is 57.0. The number of carbonyl (C=O) groups is 2. The van der Waals surface area contributed by atoms with Gasteiger partial charge in [-0.25, -0.2) is 0 Å². The molecule has 4 aliphatic heterocycles. The largest absolute Gasteiger partial charge is 0.432 e. The molecule has 0 aromatic carbocycles. The summed E-state index contributed by atoms with van der Waals surface area (Å²) in [5.41, 5.74) is -2.00. The maximum atomic E-state index is 15.5. The SMILES string of the molecule is CC1(C)CC[C@]2(C(=O)O[C@@H]3O[C@H](CO[C@@H]4O[C@H](CO)[C@@H](O)[C@H](O)[C@H]4O)[C@H](O)[C@H](O[C@@H]4O[C@H](CO)[C@H](O)[C@H](O)[C@H]4O[C@@H]4O[C@H](CO)[C@@H](O)[C@H](O)[C@H]4O)[C@H]3O)CC[C@]3(C)C(=CCC4[C@@]5(C)CC[C@H](O)[C@@](C)(C=O)C5CC[C@]43C)C2C1. The topological polar surface area (TPSA) is 391 Å². The molecule has 0 aromatic rings. The molecule has 0 radical (unpaired) electrons. The standard InChI is InChI=1S/C54H86O24/c1-49(2)13-15-54(16-14-52(5)23(24(54)17-49)7-8-30-50(3)11-10-31(59)51(4,22-58)29(50)9-12-53(30,52)6)48(70)78-46-41(69)42(35(63)28(75-46)21-71-44-39(67)36(64)32(60)25(18-55)72-44)76-47-43(38(66)34(62)27(20-57)74-47)77-45-40(68)37(65)33(61)26(19-56)73-45/h7,22,24-47,55-57,59-69H,8-21H2,1-6H3/t24?,25-,26-,27-,28-,29?,30?,31+,32-,33-,34+,35+,36+,37+,38+,39-,40-,41-,42+,43-,44-,45+,46+,47+,50+,51+,52-,53-,54+/m1/s1. The highest BCUT2D eigenvalue weighted by Gasteiger charge is 2.70. The molecular formula is C54H86O24. The quantitative estimate of drug-likeness (QED) is 0.0501. The van der Waals surface area contributed by atoms with Crippen molar-refractivity contribution in [2.24, 2.45) is 50.2 Å². The molecule has 9 rings (SSSR count). The summed E-state index contributed by atoms with van der Waals surface area (Å²) in [7, 11) is 0. The van der Waals surface area contributed by atoms with Crippen LogP contribution in [0, 0.1) is 50.2 Å². The normalized spacial score (nSPS) is 54.1. The van der Waals surface area contributed by atoms with E-state index in [0.717, 1.165) is 31.1 Å². The Balaban J connectivity index is 1.03. The van der Waals surface area contributed by atoms with Crippen LogP contribution in [0.15, 0.2) is 11.6 Å². The van der Waals surface area contributed by atoms with E-state index in [2.05, 4.69) is 40.7 Å². The molecule has 446 valence electrons. The third-order valence-electron chi connectivity index (χ3n) is 21.4. The van der Waals surface area contributed by atoms with E-state index in [9.17, 15) is 76.3 Å². The van der Waals surface area contributed by atoms with E-state index in [4.69, 9.17) is 37.9 Å². The molecule has 24 nitrogen and oxygen atoms in total. The van der Waals surface area contributed by atoms with Crippen LogP contribution in [0.1, 0.15) is 106 Å². The van der Waals surface area contributed by atoms with Crippen LogP contribution in [-0.4, -0.2) is 239 Å². The molecule has 24 heteroatoms. The summed E-state index contributed by atoms with van der Waals surface area (Å²) < 4.78 is 47.3. The molecule has 4 heterocycles. The fourth-order valence-corrected chi connectivity index (χ4v) is 16.2. The van der Waals surface area contributed by atoms with Crippen molar-refractivity contribution in [1.29, 1.82) is 0 Å². The van der Waals surface area contributed by atoms with Crippen LogP contribution in [0.25, 0.3) is 0 Å². The third kappa shape index (κ3) is 9.77. The van der Waals surface area contributed by atoms with E-state index in [1.165, 1.54) is 0 Å². The van der Waals surface area contributed by atoms with Gasteiger partial charge in [-0.05, 0) is 104 Å². The van der Waals surface area contributed by atoms with Crippen molar-refractivity contribution < 1.29 is 119 Å². The molecule has 5 aliphatic carbocycles. The van der Waals surface area contributed by atoms with Gasteiger partial charge in [0.25, 0.3) is 0 Å². The number of aldehydes is 1. The van der Waals surface area contributed by atoms with Gasteiger partial charge in [0.2, 0.25) is 6.29 Å². The van der Waals surface area contributed by atoms with Crippen molar-refractivity contribution >= 4 is 12.3 Å². The molecule has 14 N–H and O–H groups in total. The van der Waals surface area contributed by atoms with Crippen molar-refractivity contribution in [3.8, 4) is 0 Å². The minimum Gasteiger partial charge on any atom is -0.432 e. The van der Waals surface area contributed by atoms with Gasteiger partial charge in [0.1, 0.15) is 104 Å². The first-order chi connectivity index (χ1) is 36.6. The van der Waals surface area contributed by atoms with Crippen LogP contribution >= 0.6 is 0 Å². The lowest BCUT2D eigenvalue weighted by Crippen LogP contribution is -2.67. The summed E-state index contributed by atoms with van der Waals surface area (Å²) in [6, 6.07) is 0. The predicted molar refractivity (Wildman–Crippen MR) is 263 cm³/mol. The molecule has 29 atom stereocenters. The molecule has 0 bridgehead atoms. The molecule has 4 saturated carbocycles. The number of fused-ring (bicyclic) bond motifs is 7. The van der Waals surface area contributed by atoms with Crippen molar-refractivity contribution in [2.45, 2.75) is 235 Å². The predicted octanol–water partition coefficient (Wildman–Crippen LogP) is -2.86. The zero-order valence-corrected chi connectivity index (χ0v) is 45.3. The number of esters is 1. The molecule has 0 amide bonds. The summed E-state index contributed by atoms with van der Waals surface area (Å²) in [5, 5.41) is 152. The Morgan fingerprint density at radius 3 is 1.74 bits per heavy atom. The average molecular weight is 1120 g/mol. The Hall–Kier alpha value is -1.96. The van der Waals surface area contributed by atoms with Gasteiger partial charge in [-0.15, -0.1) is 0 Å². The number of carbonyl (C=O) groups excluding carboxylic acids is 2. The minimum absolute atomic E-state index is 0.0212. The van der Waals surface area contributed by atoms with E-state index in [0.29, 0.717) is 44.9 Å². The van der Waals surface area contributed by atoms with E-state index in [-0.39, 0.29) is 34.0 Å². The van der Waals surface area contributed by atoms with E-state index < -0.39 is 178 Å². The van der Waals surface area contributed by atoms with Gasteiger partial charge < -0.3 is 114 Å². The van der Waals surface area contributed by atoms with Gasteiger partial charge in [-0.3, -0.25) is 4.79 Å². The molecule has 9 aliphatic rings. The second-order valence-corrected chi connectivity index (χ2v) is 26.0. The van der Waals surface area contributed by atoms with Gasteiger partial charge in [-0.1, -0.05) is 53.2 Å². The smallest absolute Gasteiger partial charge is 0.315 e. The van der Waals surface area contributed by atoms with Crippen molar-refractivity contribution in [3.63, 3.8) is 0 Å². The van der Waals surface area contributed by atoms with E-state index in [1.54, 1.807) is 0 Å². The second-order valence-electron chi connectivity index (χ2n) is 26.0.